The predicted octanol–water partition coefficient (Wildman–Crippen LogP) is 0.230. The Kier molecular flexibility index (Phi) is 4.34. The second-order valence-electron chi connectivity index (χ2n) is 4.76. The van der Waals surface area contributed by atoms with E-state index in [-0.39, 0.29) is 6.03 Å². The molecule has 6 heteroatoms. The summed E-state index contributed by atoms with van der Waals surface area (Å²) in [4.78, 5) is 24.6. The molecule has 0 aromatic carbocycles. The molecule has 1 rings (SSSR count). The molecule has 4 N–H and O–H groups in total. The van der Waals surface area contributed by atoms with Crippen LogP contribution >= 0.6 is 0 Å². The molecule has 1 aliphatic heterocycles. The summed E-state index contributed by atoms with van der Waals surface area (Å²) < 4.78 is 0. The van der Waals surface area contributed by atoms with Crippen molar-refractivity contribution in [2.24, 2.45) is 11.7 Å². The topological polar surface area (TPSA) is 95.7 Å². The second-order valence-corrected chi connectivity index (χ2v) is 4.76. The van der Waals surface area contributed by atoms with Gasteiger partial charge in [0, 0.05) is 13.1 Å². The summed E-state index contributed by atoms with van der Waals surface area (Å²) in [6, 6.07) is -0.312. The van der Waals surface area contributed by atoms with Crippen LogP contribution in [0.4, 0.5) is 4.79 Å². The average molecular weight is 243 g/mol. The first-order valence-corrected chi connectivity index (χ1v) is 5.93. The van der Waals surface area contributed by atoms with Gasteiger partial charge in [-0.15, -0.1) is 0 Å². The Morgan fingerprint density at radius 1 is 1.59 bits per heavy atom. The molecule has 98 valence electrons. The van der Waals surface area contributed by atoms with Crippen molar-refractivity contribution in [2.75, 3.05) is 19.6 Å². The Bertz CT molecular complexity index is 308. The maximum absolute atomic E-state index is 11.9. The Morgan fingerprint density at radius 2 is 2.24 bits per heavy atom. The molecule has 0 spiro atoms. The number of hydrogen-bond donors (Lipinski definition) is 3. The number of hydrogen-bond acceptors (Lipinski definition) is 3. The maximum Gasteiger partial charge on any atom is 0.329 e. The van der Waals surface area contributed by atoms with Gasteiger partial charge < -0.3 is 21.1 Å². The van der Waals surface area contributed by atoms with Gasteiger partial charge in [-0.3, -0.25) is 0 Å². The van der Waals surface area contributed by atoms with Gasteiger partial charge >= 0.3 is 12.0 Å². The number of nitrogens with zero attached hydrogens (tertiary/aromatic N) is 1. The third-order valence-electron chi connectivity index (χ3n) is 3.47. The Balaban J connectivity index is 2.57. The first-order valence-electron chi connectivity index (χ1n) is 5.93. The van der Waals surface area contributed by atoms with Crippen molar-refractivity contribution in [3.63, 3.8) is 0 Å². The first-order chi connectivity index (χ1) is 7.92. The zero-order chi connectivity index (χ0) is 13.1. The summed E-state index contributed by atoms with van der Waals surface area (Å²) >= 11 is 0. The molecule has 0 aromatic rings. The molecule has 1 fully saturated rings. The van der Waals surface area contributed by atoms with Gasteiger partial charge in [-0.05, 0) is 32.2 Å². The summed E-state index contributed by atoms with van der Waals surface area (Å²) in [6.07, 6.45) is 1.24. The number of nitrogens with one attached hydrogen (secondary N) is 1. The molecule has 2 unspecified atom stereocenters. The minimum atomic E-state index is -1.20. The molecule has 1 saturated heterocycles. The van der Waals surface area contributed by atoms with Gasteiger partial charge in [-0.25, -0.2) is 9.59 Å². The molecule has 17 heavy (non-hydrogen) atoms. The Labute approximate surface area is 101 Å². The Morgan fingerprint density at radius 3 is 2.65 bits per heavy atom. The number of nitrogens with two attached hydrogens (primary N) is 1. The molecule has 6 nitrogen and oxygen atoms in total. The minimum Gasteiger partial charge on any atom is -0.480 e. The highest BCUT2D eigenvalue weighted by atomic mass is 16.4. The molecule has 0 aromatic heterocycles. The van der Waals surface area contributed by atoms with Crippen LogP contribution in [0.3, 0.4) is 0 Å². The molecule has 2 atom stereocenters. The second kappa shape index (κ2) is 5.35. The van der Waals surface area contributed by atoms with E-state index in [9.17, 15) is 9.59 Å². The number of aliphatic carboxylic acids is 1. The van der Waals surface area contributed by atoms with E-state index < -0.39 is 11.5 Å². The van der Waals surface area contributed by atoms with Crippen molar-refractivity contribution in [3.05, 3.63) is 0 Å². The van der Waals surface area contributed by atoms with Crippen LogP contribution in [0, 0.1) is 5.92 Å². The lowest BCUT2D eigenvalue weighted by Gasteiger charge is -2.28. The van der Waals surface area contributed by atoms with Crippen molar-refractivity contribution in [1.29, 1.82) is 0 Å². The van der Waals surface area contributed by atoms with Gasteiger partial charge in [0.2, 0.25) is 0 Å². The number of urea groups is 1. The lowest BCUT2D eigenvalue weighted by Crippen LogP contribution is -2.55. The Hall–Kier alpha value is -1.30. The van der Waals surface area contributed by atoms with Crippen LogP contribution in [-0.4, -0.2) is 47.2 Å². The van der Waals surface area contributed by atoms with Crippen LogP contribution in [0.2, 0.25) is 0 Å². The monoisotopic (exact) mass is 243 g/mol. The largest absolute Gasteiger partial charge is 0.480 e. The standard InChI is InChI=1S/C11H21N3O3/c1-3-11(2,9(15)16)13-10(17)14-5-4-8(6-12)7-14/h8H,3-7,12H2,1-2H3,(H,13,17)(H,15,16). The number of carbonyl (C=O) groups excluding carboxylic acids is 1. The van der Waals surface area contributed by atoms with Gasteiger partial charge in [0.15, 0.2) is 0 Å². The summed E-state index contributed by atoms with van der Waals surface area (Å²) in [5.41, 5.74) is 4.35. The first kappa shape index (κ1) is 13.8. The molecule has 2 amide bonds. The quantitative estimate of drug-likeness (QED) is 0.658. The number of carboxylic acids is 1. The van der Waals surface area contributed by atoms with Crippen molar-refractivity contribution in [3.8, 4) is 0 Å². The summed E-state index contributed by atoms with van der Waals surface area (Å²) in [5, 5.41) is 11.6. The zero-order valence-corrected chi connectivity index (χ0v) is 10.4. The highest BCUT2D eigenvalue weighted by molar-refractivity contribution is 5.85. The van der Waals surface area contributed by atoms with Gasteiger partial charge in [0.25, 0.3) is 0 Å². The third kappa shape index (κ3) is 3.09. The van der Waals surface area contributed by atoms with E-state index in [0.717, 1.165) is 6.42 Å². The van der Waals surface area contributed by atoms with Gasteiger partial charge in [0.05, 0.1) is 0 Å². The van der Waals surface area contributed by atoms with Crippen LogP contribution in [0.15, 0.2) is 0 Å². The summed E-state index contributed by atoms with van der Waals surface area (Å²) in [6.45, 7) is 5.08. The van der Waals surface area contributed by atoms with Crippen LogP contribution in [-0.2, 0) is 4.79 Å². The smallest absolute Gasteiger partial charge is 0.329 e. The highest BCUT2D eigenvalue weighted by Crippen LogP contribution is 2.16. The average Bonchev–Trinajstić information content (AvgIpc) is 2.77. The highest BCUT2D eigenvalue weighted by Gasteiger charge is 2.35. The fourth-order valence-corrected chi connectivity index (χ4v) is 1.82. The lowest BCUT2D eigenvalue weighted by atomic mass is 10.00. The van der Waals surface area contributed by atoms with Crippen LogP contribution in [0.5, 0.6) is 0 Å². The van der Waals surface area contributed by atoms with E-state index >= 15 is 0 Å². The van der Waals surface area contributed by atoms with Crippen molar-refractivity contribution < 1.29 is 14.7 Å². The van der Waals surface area contributed by atoms with E-state index in [4.69, 9.17) is 10.8 Å². The minimum absolute atomic E-state index is 0.312. The normalized spacial score (nSPS) is 23.2. The van der Waals surface area contributed by atoms with E-state index in [1.54, 1.807) is 11.8 Å². The number of carboxylic acid groups (broad SMARTS) is 1. The maximum atomic E-state index is 11.9. The van der Waals surface area contributed by atoms with E-state index in [1.165, 1.54) is 6.92 Å². The number of carbonyl (C=O) groups is 2. The molecular formula is C11H21N3O3. The molecule has 0 aliphatic carbocycles. The SMILES string of the molecule is CCC(C)(NC(=O)N1CCC(CN)C1)C(=O)O. The molecule has 1 heterocycles. The van der Waals surface area contributed by atoms with Crippen LogP contribution < -0.4 is 11.1 Å². The molecule has 0 saturated carbocycles. The predicted molar refractivity (Wildman–Crippen MR) is 63.6 cm³/mol. The molecule has 0 radical (unpaired) electrons. The number of amides is 2. The fraction of sp³-hybridized carbons (Fsp3) is 0.818. The third-order valence-corrected chi connectivity index (χ3v) is 3.47. The molecule has 0 bridgehead atoms. The van der Waals surface area contributed by atoms with E-state index in [0.29, 0.717) is 32.0 Å². The summed E-state index contributed by atoms with van der Waals surface area (Å²) in [7, 11) is 0. The lowest BCUT2D eigenvalue weighted by molar-refractivity contribution is -0.143. The molecule has 1 aliphatic rings. The van der Waals surface area contributed by atoms with Gasteiger partial charge in [-0.2, -0.15) is 0 Å². The summed E-state index contributed by atoms with van der Waals surface area (Å²) in [5.74, 6) is -0.679. The van der Waals surface area contributed by atoms with Crippen molar-refractivity contribution in [1.82, 2.24) is 10.2 Å². The molecular weight excluding hydrogens is 222 g/mol. The number of likely N-dealkylation sites (tertiary alicyclic amines) is 1. The van der Waals surface area contributed by atoms with E-state index in [1.807, 2.05) is 0 Å². The van der Waals surface area contributed by atoms with Crippen LogP contribution in [0.1, 0.15) is 26.7 Å². The van der Waals surface area contributed by atoms with Crippen molar-refractivity contribution >= 4 is 12.0 Å². The fourth-order valence-electron chi connectivity index (χ4n) is 1.82. The van der Waals surface area contributed by atoms with Gasteiger partial charge in [0.1, 0.15) is 5.54 Å². The van der Waals surface area contributed by atoms with Gasteiger partial charge in [-0.1, -0.05) is 6.92 Å². The number of rotatable bonds is 4. The zero-order valence-electron chi connectivity index (χ0n) is 10.4. The van der Waals surface area contributed by atoms with Crippen LogP contribution in [0.25, 0.3) is 0 Å². The van der Waals surface area contributed by atoms with E-state index in [2.05, 4.69) is 5.32 Å². The van der Waals surface area contributed by atoms with Crippen molar-refractivity contribution in [2.45, 2.75) is 32.2 Å².